The maximum Gasteiger partial charge on any atom is 0.248 e. The molecule has 1 aromatic rings. The monoisotopic (exact) mass is 257 g/mol. The standard InChI is InChI=1S/C12H13F2NO3/c13-9-2-1-7(3-10(9)14)11-4-8(17)5-15(11)12(18)6-16/h1-3,8,11,16-17H,4-6H2/t8-,11-/m0/s1. The Balaban J connectivity index is 2.29. The van der Waals surface area contributed by atoms with Crippen LogP contribution in [-0.2, 0) is 4.79 Å². The third kappa shape index (κ3) is 2.34. The SMILES string of the molecule is O=C(CO)N1C[C@@H](O)C[C@H]1c1ccc(F)c(F)c1. The quantitative estimate of drug-likeness (QED) is 0.815. The van der Waals surface area contributed by atoms with Crippen molar-refractivity contribution in [2.45, 2.75) is 18.6 Å². The number of nitrogens with zero attached hydrogens (tertiary/aromatic N) is 1. The molecule has 0 unspecified atom stereocenters. The lowest BCUT2D eigenvalue weighted by atomic mass is 10.0. The van der Waals surface area contributed by atoms with Gasteiger partial charge >= 0.3 is 0 Å². The van der Waals surface area contributed by atoms with Crippen molar-refractivity contribution >= 4 is 5.91 Å². The van der Waals surface area contributed by atoms with Crippen LogP contribution in [0.1, 0.15) is 18.0 Å². The van der Waals surface area contributed by atoms with Gasteiger partial charge in [-0.15, -0.1) is 0 Å². The number of carbonyl (C=O) groups excluding carboxylic acids is 1. The summed E-state index contributed by atoms with van der Waals surface area (Å²) in [7, 11) is 0. The number of β-amino-alcohol motifs (C(OH)–C–C–N with tert-alkyl or cyclic N) is 1. The van der Waals surface area contributed by atoms with Gasteiger partial charge < -0.3 is 15.1 Å². The van der Waals surface area contributed by atoms with Crippen LogP contribution in [0.5, 0.6) is 0 Å². The third-order valence-corrected chi connectivity index (χ3v) is 3.06. The number of hydrogen-bond acceptors (Lipinski definition) is 3. The molecule has 1 amide bonds. The summed E-state index contributed by atoms with van der Waals surface area (Å²) in [6.07, 6.45) is -0.477. The predicted molar refractivity (Wildman–Crippen MR) is 58.5 cm³/mol. The first-order valence-electron chi connectivity index (χ1n) is 5.56. The van der Waals surface area contributed by atoms with Crippen LogP contribution in [0.4, 0.5) is 8.78 Å². The summed E-state index contributed by atoms with van der Waals surface area (Å²) in [5.41, 5.74) is 0.409. The number of carbonyl (C=O) groups is 1. The number of rotatable bonds is 2. The van der Waals surface area contributed by atoms with Gasteiger partial charge in [0.05, 0.1) is 12.1 Å². The summed E-state index contributed by atoms with van der Waals surface area (Å²) in [6, 6.07) is 2.83. The highest BCUT2D eigenvalue weighted by Crippen LogP contribution is 2.32. The van der Waals surface area contributed by atoms with E-state index in [2.05, 4.69) is 0 Å². The molecule has 1 aromatic carbocycles. The summed E-state index contributed by atoms with van der Waals surface area (Å²) in [5.74, 6) is -2.50. The van der Waals surface area contributed by atoms with E-state index in [0.717, 1.165) is 12.1 Å². The van der Waals surface area contributed by atoms with E-state index in [1.807, 2.05) is 0 Å². The highest BCUT2D eigenvalue weighted by atomic mass is 19.2. The molecule has 0 aromatic heterocycles. The molecule has 1 aliphatic heterocycles. The van der Waals surface area contributed by atoms with Crippen molar-refractivity contribution in [3.8, 4) is 0 Å². The molecule has 1 aliphatic rings. The fraction of sp³-hybridized carbons (Fsp3) is 0.417. The Bertz CT molecular complexity index is 467. The molecule has 0 aliphatic carbocycles. The van der Waals surface area contributed by atoms with Gasteiger partial charge in [0, 0.05) is 6.54 Å². The Morgan fingerprint density at radius 1 is 1.39 bits per heavy atom. The zero-order valence-electron chi connectivity index (χ0n) is 9.51. The number of likely N-dealkylation sites (tertiary alicyclic amines) is 1. The van der Waals surface area contributed by atoms with Crippen molar-refractivity contribution < 1.29 is 23.8 Å². The molecule has 1 saturated heterocycles. The van der Waals surface area contributed by atoms with E-state index in [1.165, 1.54) is 11.0 Å². The molecule has 0 saturated carbocycles. The average Bonchev–Trinajstić information content (AvgIpc) is 2.74. The van der Waals surface area contributed by atoms with Crippen molar-refractivity contribution in [2.75, 3.05) is 13.2 Å². The highest BCUT2D eigenvalue weighted by molar-refractivity contribution is 5.78. The molecule has 6 heteroatoms. The fourth-order valence-corrected chi connectivity index (χ4v) is 2.22. The maximum atomic E-state index is 13.1. The molecule has 2 atom stereocenters. The zero-order valence-corrected chi connectivity index (χ0v) is 9.51. The van der Waals surface area contributed by atoms with E-state index in [4.69, 9.17) is 5.11 Å². The van der Waals surface area contributed by atoms with E-state index in [-0.39, 0.29) is 13.0 Å². The van der Waals surface area contributed by atoms with Crippen LogP contribution in [0.15, 0.2) is 18.2 Å². The second kappa shape index (κ2) is 4.99. The van der Waals surface area contributed by atoms with Gasteiger partial charge in [-0.05, 0) is 24.1 Å². The molecule has 98 valence electrons. The second-order valence-corrected chi connectivity index (χ2v) is 4.28. The summed E-state index contributed by atoms with van der Waals surface area (Å²) in [4.78, 5) is 12.8. The Morgan fingerprint density at radius 2 is 2.11 bits per heavy atom. The molecular weight excluding hydrogens is 244 g/mol. The van der Waals surface area contributed by atoms with Gasteiger partial charge in [0.15, 0.2) is 11.6 Å². The third-order valence-electron chi connectivity index (χ3n) is 3.06. The van der Waals surface area contributed by atoms with E-state index < -0.39 is 36.3 Å². The Kier molecular flexibility index (Phi) is 3.58. The molecule has 18 heavy (non-hydrogen) atoms. The van der Waals surface area contributed by atoms with Gasteiger partial charge in [-0.1, -0.05) is 6.07 Å². The van der Waals surface area contributed by atoms with Gasteiger partial charge in [0.2, 0.25) is 5.91 Å². The van der Waals surface area contributed by atoms with E-state index >= 15 is 0 Å². The van der Waals surface area contributed by atoms with E-state index in [1.54, 1.807) is 0 Å². The van der Waals surface area contributed by atoms with Crippen molar-refractivity contribution in [1.29, 1.82) is 0 Å². The Morgan fingerprint density at radius 3 is 2.72 bits per heavy atom. The lowest BCUT2D eigenvalue weighted by Crippen LogP contribution is -2.33. The molecule has 0 spiro atoms. The molecule has 0 radical (unpaired) electrons. The largest absolute Gasteiger partial charge is 0.391 e. The van der Waals surface area contributed by atoms with E-state index in [9.17, 15) is 18.7 Å². The molecule has 1 heterocycles. The first kappa shape index (κ1) is 12.9. The first-order valence-corrected chi connectivity index (χ1v) is 5.56. The molecule has 1 fully saturated rings. The van der Waals surface area contributed by atoms with Crippen LogP contribution in [0.3, 0.4) is 0 Å². The van der Waals surface area contributed by atoms with Crippen molar-refractivity contribution in [3.63, 3.8) is 0 Å². The molecule has 4 nitrogen and oxygen atoms in total. The van der Waals surface area contributed by atoms with Gasteiger partial charge in [-0.2, -0.15) is 0 Å². The van der Waals surface area contributed by atoms with Crippen molar-refractivity contribution in [2.24, 2.45) is 0 Å². The van der Waals surface area contributed by atoms with Crippen LogP contribution in [0.25, 0.3) is 0 Å². The predicted octanol–water partition coefficient (Wildman–Crippen LogP) is 0.591. The van der Waals surface area contributed by atoms with Gasteiger partial charge in [0.1, 0.15) is 6.61 Å². The van der Waals surface area contributed by atoms with Gasteiger partial charge in [0.25, 0.3) is 0 Å². The molecular formula is C12H13F2NO3. The lowest BCUT2D eigenvalue weighted by Gasteiger charge is -2.24. The van der Waals surface area contributed by atoms with Crippen LogP contribution >= 0.6 is 0 Å². The van der Waals surface area contributed by atoms with E-state index in [0.29, 0.717) is 5.56 Å². The number of aliphatic hydroxyl groups is 2. The Labute approximate surface area is 102 Å². The number of halogens is 2. The normalized spacial score (nSPS) is 23.4. The second-order valence-electron chi connectivity index (χ2n) is 4.28. The Hall–Kier alpha value is -1.53. The molecule has 2 rings (SSSR count). The summed E-state index contributed by atoms with van der Waals surface area (Å²) < 4.78 is 26.0. The minimum absolute atomic E-state index is 0.0864. The molecule has 2 N–H and O–H groups in total. The number of amides is 1. The zero-order chi connectivity index (χ0) is 13.3. The number of aliphatic hydroxyl groups excluding tert-OH is 2. The van der Waals surface area contributed by atoms with Crippen molar-refractivity contribution in [1.82, 2.24) is 4.90 Å². The van der Waals surface area contributed by atoms with Gasteiger partial charge in [-0.25, -0.2) is 8.78 Å². The minimum atomic E-state index is -0.995. The van der Waals surface area contributed by atoms with Crippen molar-refractivity contribution in [3.05, 3.63) is 35.4 Å². The van der Waals surface area contributed by atoms with Crippen LogP contribution in [0, 0.1) is 11.6 Å². The molecule has 0 bridgehead atoms. The summed E-state index contributed by atoms with van der Waals surface area (Å²) in [6.45, 7) is -0.587. The van der Waals surface area contributed by atoms with Gasteiger partial charge in [-0.3, -0.25) is 4.79 Å². The first-order chi connectivity index (χ1) is 8.52. The summed E-state index contributed by atoms with van der Waals surface area (Å²) in [5, 5.41) is 18.4. The van der Waals surface area contributed by atoms with Crippen LogP contribution in [0.2, 0.25) is 0 Å². The smallest absolute Gasteiger partial charge is 0.248 e. The summed E-state index contributed by atoms with van der Waals surface area (Å²) >= 11 is 0. The van der Waals surface area contributed by atoms with Crippen LogP contribution < -0.4 is 0 Å². The number of benzene rings is 1. The minimum Gasteiger partial charge on any atom is -0.391 e. The number of hydrogen-bond donors (Lipinski definition) is 2. The lowest BCUT2D eigenvalue weighted by molar-refractivity contribution is -0.135. The fourth-order valence-electron chi connectivity index (χ4n) is 2.22. The highest BCUT2D eigenvalue weighted by Gasteiger charge is 2.35. The topological polar surface area (TPSA) is 60.8 Å². The average molecular weight is 257 g/mol. The van der Waals surface area contributed by atoms with Crippen LogP contribution in [-0.4, -0.2) is 40.3 Å². The maximum absolute atomic E-state index is 13.1.